The molecule has 0 aliphatic carbocycles. The summed E-state index contributed by atoms with van der Waals surface area (Å²) in [5, 5.41) is 14.0. The van der Waals surface area contributed by atoms with Gasteiger partial charge in [-0.25, -0.2) is 4.68 Å². The van der Waals surface area contributed by atoms with Crippen molar-refractivity contribution in [2.24, 2.45) is 11.7 Å². The Morgan fingerprint density at radius 1 is 1.48 bits per heavy atom. The number of carbonyl (C=O) groups is 1. The van der Waals surface area contributed by atoms with Crippen molar-refractivity contribution in [2.45, 2.75) is 26.7 Å². The first-order chi connectivity index (χ1) is 10.1. The molecule has 1 aromatic carbocycles. The van der Waals surface area contributed by atoms with Gasteiger partial charge in [0.2, 0.25) is 5.91 Å². The lowest BCUT2D eigenvalue weighted by molar-refractivity contribution is -0.117. The van der Waals surface area contributed by atoms with Crippen molar-refractivity contribution in [3.05, 3.63) is 30.1 Å². The van der Waals surface area contributed by atoms with Crippen molar-refractivity contribution in [2.75, 3.05) is 11.9 Å². The number of carbonyl (C=O) groups excluding carboxylic acids is 1. The van der Waals surface area contributed by atoms with Crippen LogP contribution in [0.3, 0.4) is 0 Å². The van der Waals surface area contributed by atoms with Gasteiger partial charge < -0.3 is 11.1 Å². The van der Waals surface area contributed by atoms with Crippen LogP contribution < -0.4 is 11.1 Å². The van der Waals surface area contributed by atoms with Gasteiger partial charge in [-0.05, 0) is 53.6 Å². The highest BCUT2D eigenvalue weighted by Gasteiger charge is 2.11. The van der Waals surface area contributed by atoms with Gasteiger partial charge in [0.1, 0.15) is 6.33 Å². The van der Waals surface area contributed by atoms with Crippen LogP contribution in [-0.2, 0) is 4.79 Å². The minimum Gasteiger partial charge on any atom is -0.330 e. The van der Waals surface area contributed by atoms with E-state index in [1.807, 2.05) is 32.0 Å². The molecule has 1 heterocycles. The van der Waals surface area contributed by atoms with Crippen molar-refractivity contribution in [3.63, 3.8) is 0 Å². The van der Waals surface area contributed by atoms with Gasteiger partial charge in [-0.2, -0.15) is 0 Å². The molecule has 2 rings (SSSR count). The summed E-state index contributed by atoms with van der Waals surface area (Å²) in [5.74, 6) is 0.216. The second-order valence-corrected chi connectivity index (χ2v) is 5.02. The van der Waals surface area contributed by atoms with Crippen LogP contribution in [0.4, 0.5) is 5.69 Å². The maximum absolute atomic E-state index is 12.0. The van der Waals surface area contributed by atoms with E-state index in [0.29, 0.717) is 13.0 Å². The Kier molecular flexibility index (Phi) is 4.99. The minimum atomic E-state index is -0.0122. The molecule has 0 bridgehead atoms. The van der Waals surface area contributed by atoms with Crippen LogP contribution in [-0.4, -0.2) is 32.7 Å². The number of rotatable bonds is 6. The summed E-state index contributed by atoms with van der Waals surface area (Å²) in [4.78, 5) is 12.0. The number of nitrogens with two attached hydrogens (primary N) is 1. The first kappa shape index (κ1) is 15.1. The number of benzene rings is 1. The highest BCUT2D eigenvalue weighted by Crippen LogP contribution is 2.18. The molecule has 1 unspecified atom stereocenters. The number of hydrogen-bond donors (Lipinski definition) is 2. The van der Waals surface area contributed by atoms with Gasteiger partial charge in [-0.3, -0.25) is 4.79 Å². The molecule has 0 spiro atoms. The van der Waals surface area contributed by atoms with E-state index >= 15 is 0 Å². The summed E-state index contributed by atoms with van der Waals surface area (Å²) in [5.41, 5.74) is 8.25. The fraction of sp³-hybridized carbons (Fsp3) is 0.429. The third-order valence-electron chi connectivity index (χ3n) is 3.46. The summed E-state index contributed by atoms with van der Waals surface area (Å²) in [6.45, 7) is 4.51. The SMILES string of the molecule is CCC(CN)CC(=O)Nc1ccc(-n2cnnn2)c(C)c1. The number of tetrazole rings is 1. The lowest BCUT2D eigenvalue weighted by Crippen LogP contribution is -2.21. The largest absolute Gasteiger partial charge is 0.330 e. The zero-order valence-corrected chi connectivity index (χ0v) is 12.3. The zero-order chi connectivity index (χ0) is 15.2. The first-order valence-electron chi connectivity index (χ1n) is 6.98. The summed E-state index contributed by atoms with van der Waals surface area (Å²) < 4.78 is 1.59. The van der Waals surface area contributed by atoms with E-state index in [-0.39, 0.29) is 11.8 Å². The Balaban J connectivity index is 2.05. The van der Waals surface area contributed by atoms with Gasteiger partial charge in [-0.1, -0.05) is 13.3 Å². The molecule has 0 saturated heterocycles. The lowest BCUT2D eigenvalue weighted by Gasteiger charge is -2.13. The number of anilines is 1. The van der Waals surface area contributed by atoms with Crippen molar-refractivity contribution in [1.82, 2.24) is 20.2 Å². The van der Waals surface area contributed by atoms with Crippen LogP contribution in [0.1, 0.15) is 25.3 Å². The molecular weight excluding hydrogens is 268 g/mol. The van der Waals surface area contributed by atoms with Gasteiger partial charge in [0.05, 0.1) is 5.69 Å². The van der Waals surface area contributed by atoms with E-state index in [1.165, 1.54) is 6.33 Å². The van der Waals surface area contributed by atoms with E-state index in [9.17, 15) is 4.79 Å². The lowest BCUT2D eigenvalue weighted by atomic mass is 10.0. The maximum atomic E-state index is 12.0. The molecule has 112 valence electrons. The molecular formula is C14H20N6O. The summed E-state index contributed by atoms with van der Waals surface area (Å²) in [6.07, 6.45) is 2.88. The molecule has 2 aromatic rings. The van der Waals surface area contributed by atoms with Gasteiger partial charge in [-0.15, -0.1) is 5.10 Å². The predicted octanol–water partition coefficient (Wildman–Crippen LogP) is 1.28. The number of amides is 1. The van der Waals surface area contributed by atoms with E-state index in [2.05, 4.69) is 20.8 Å². The fourth-order valence-electron chi connectivity index (χ4n) is 2.13. The molecule has 21 heavy (non-hydrogen) atoms. The van der Waals surface area contributed by atoms with E-state index in [1.54, 1.807) is 4.68 Å². The molecule has 0 aliphatic rings. The van der Waals surface area contributed by atoms with Crippen LogP contribution in [0.25, 0.3) is 5.69 Å². The fourth-order valence-corrected chi connectivity index (χ4v) is 2.13. The van der Waals surface area contributed by atoms with Gasteiger partial charge in [0, 0.05) is 12.1 Å². The van der Waals surface area contributed by atoms with Crippen molar-refractivity contribution < 1.29 is 4.79 Å². The molecule has 3 N–H and O–H groups in total. The van der Waals surface area contributed by atoms with Crippen molar-refractivity contribution in [1.29, 1.82) is 0 Å². The van der Waals surface area contributed by atoms with E-state index < -0.39 is 0 Å². The second kappa shape index (κ2) is 6.94. The average Bonchev–Trinajstić information content (AvgIpc) is 2.98. The Hall–Kier alpha value is -2.28. The topological polar surface area (TPSA) is 98.7 Å². The molecule has 1 amide bonds. The maximum Gasteiger partial charge on any atom is 0.224 e. The number of aryl methyl sites for hydroxylation is 1. The van der Waals surface area contributed by atoms with Crippen LogP contribution in [0, 0.1) is 12.8 Å². The Morgan fingerprint density at radius 2 is 2.29 bits per heavy atom. The molecule has 7 nitrogen and oxygen atoms in total. The normalized spacial score (nSPS) is 12.1. The molecule has 1 aromatic heterocycles. The standard InChI is InChI=1S/C14H20N6O/c1-3-11(8-15)7-14(21)17-12-4-5-13(10(2)6-12)20-9-16-18-19-20/h4-6,9,11H,3,7-8,15H2,1-2H3,(H,17,21). The van der Waals surface area contributed by atoms with Gasteiger partial charge in [0.15, 0.2) is 0 Å². The van der Waals surface area contributed by atoms with Gasteiger partial charge in [0.25, 0.3) is 0 Å². The van der Waals surface area contributed by atoms with Gasteiger partial charge >= 0.3 is 0 Å². The molecule has 0 saturated carbocycles. The monoisotopic (exact) mass is 288 g/mol. The van der Waals surface area contributed by atoms with E-state index in [0.717, 1.165) is 23.4 Å². The van der Waals surface area contributed by atoms with Crippen LogP contribution in [0.2, 0.25) is 0 Å². The zero-order valence-electron chi connectivity index (χ0n) is 12.3. The van der Waals surface area contributed by atoms with Crippen LogP contribution in [0.15, 0.2) is 24.5 Å². The highest BCUT2D eigenvalue weighted by atomic mass is 16.1. The molecule has 0 fully saturated rings. The highest BCUT2D eigenvalue weighted by molar-refractivity contribution is 5.91. The second-order valence-electron chi connectivity index (χ2n) is 5.02. The molecule has 1 atom stereocenters. The predicted molar refractivity (Wildman–Crippen MR) is 80.0 cm³/mol. The Bertz CT molecular complexity index is 592. The molecule has 0 radical (unpaired) electrons. The minimum absolute atomic E-state index is 0.0122. The molecule has 7 heteroatoms. The van der Waals surface area contributed by atoms with Crippen LogP contribution in [0.5, 0.6) is 0 Å². The summed E-state index contributed by atoms with van der Waals surface area (Å²) in [7, 11) is 0. The third kappa shape index (κ3) is 3.85. The smallest absolute Gasteiger partial charge is 0.224 e. The van der Waals surface area contributed by atoms with Crippen molar-refractivity contribution >= 4 is 11.6 Å². The average molecular weight is 288 g/mol. The summed E-state index contributed by atoms with van der Waals surface area (Å²) >= 11 is 0. The third-order valence-corrected chi connectivity index (χ3v) is 3.46. The quantitative estimate of drug-likeness (QED) is 0.834. The molecule has 0 aliphatic heterocycles. The number of hydrogen-bond acceptors (Lipinski definition) is 5. The number of nitrogens with zero attached hydrogens (tertiary/aromatic N) is 4. The van der Waals surface area contributed by atoms with Crippen molar-refractivity contribution in [3.8, 4) is 5.69 Å². The first-order valence-corrected chi connectivity index (χ1v) is 6.98. The summed E-state index contributed by atoms with van der Waals surface area (Å²) in [6, 6.07) is 5.62. The van der Waals surface area contributed by atoms with E-state index in [4.69, 9.17) is 5.73 Å². The number of aromatic nitrogens is 4. The Labute approximate surface area is 123 Å². The Morgan fingerprint density at radius 3 is 2.86 bits per heavy atom. The number of nitrogens with one attached hydrogen (secondary N) is 1. The van der Waals surface area contributed by atoms with Crippen LogP contribution >= 0.6 is 0 Å².